The number of amides is 1. The summed E-state index contributed by atoms with van der Waals surface area (Å²) in [6.07, 6.45) is 4.71. The zero-order chi connectivity index (χ0) is 19.4. The average Bonchev–Trinajstić information content (AvgIpc) is 3.01. The number of thiophene rings is 1. The number of carbonyl (C=O) groups excluding carboxylic acids is 1. The van der Waals surface area contributed by atoms with E-state index in [9.17, 15) is 9.18 Å². The number of aromatic nitrogens is 2. The first-order valence-corrected chi connectivity index (χ1v) is 9.20. The summed E-state index contributed by atoms with van der Waals surface area (Å²) in [6, 6.07) is 6.13. The van der Waals surface area contributed by atoms with Crippen LogP contribution in [0.5, 0.6) is 0 Å². The second-order valence-corrected chi connectivity index (χ2v) is 7.40. The smallest absolute Gasteiger partial charge is 0.248 e. The quantitative estimate of drug-likeness (QED) is 0.599. The number of halogens is 2. The van der Waals surface area contributed by atoms with Crippen LogP contribution in [0.4, 0.5) is 20.9 Å². The van der Waals surface area contributed by atoms with Crippen molar-refractivity contribution in [1.29, 1.82) is 0 Å². The monoisotopic (exact) mass is 405 g/mol. The summed E-state index contributed by atoms with van der Waals surface area (Å²) in [7, 11) is 3.85. The van der Waals surface area contributed by atoms with Gasteiger partial charge in [0, 0.05) is 18.3 Å². The SMILES string of the molecule is CN(C)C/C=C/C(=O)Nc1cc2c(Nc3ccc(F)c(Cl)c3)ncnc2s1. The molecule has 2 heterocycles. The largest absolute Gasteiger partial charge is 0.340 e. The maximum absolute atomic E-state index is 13.3. The summed E-state index contributed by atoms with van der Waals surface area (Å²) in [5, 5.41) is 7.35. The van der Waals surface area contributed by atoms with Gasteiger partial charge in [-0.15, -0.1) is 0 Å². The minimum Gasteiger partial charge on any atom is -0.340 e. The van der Waals surface area contributed by atoms with E-state index in [-0.39, 0.29) is 10.9 Å². The molecule has 0 aliphatic carbocycles. The van der Waals surface area contributed by atoms with E-state index in [4.69, 9.17) is 11.6 Å². The molecule has 0 saturated heterocycles. The normalized spacial score (nSPS) is 11.4. The number of nitrogens with zero attached hydrogens (tertiary/aromatic N) is 3. The second-order valence-electron chi connectivity index (χ2n) is 5.96. The van der Waals surface area contributed by atoms with E-state index in [2.05, 4.69) is 20.6 Å². The van der Waals surface area contributed by atoms with Crippen molar-refractivity contribution in [3.8, 4) is 0 Å². The number of likely N-dealkylation sites (N-methyl/N-ethyl adjacent to an activating group) is 1. The number of fused-ring (bicyclic) bond motifs is 1. The first-order chi connectivity index (χ1) is 12.9. The molecule has 0 aliphatic heterocycles. The molecule has 3 rings (SSSR count). The lowest BCUT2D eigenvalue weighted by atomic mass is 10.3. The molecule has 6 nitrogen and oxygen atoms in total. The van der Waals surface area contributed by atoms with Gasteiger partial charge in [0.05, 0.1) is 15.4 Å². The fourth-order valence-electron chi connectivity index (χ4n) is 2.26. The van der Waals surface area contributed by atoms with Crippen molar-refractivity contribution in [3.05, 3.63) is 53.6 Å². The Morgan fingerprint density at radius 2 is 2.15 bits per heavy atom. The lowest BCUT2D eigenvalue weighted by molar-refractivity contribution is -0.111. The van der Waals surface area contributed by atoms with Gasteiger partial charge in [-0.2, -0.15) is 0 Å². The Balaban J connectivity index is 1.79. The molecule has 9 heteroatoms. The first kappa shape index (κ1) is 19.2. The van der Waals surface area contributed by atoms with E-state index >= 15 is 0 Å². The summed E-state index contributed by atoms with van der Waals surface area (Å²) in [6.45, 7) is 0.680. The number of rotatable bonds is 6. The molecular formula is C18H17ClFN5OS. The van der Waals surface area contributed by atoms with Crippen LogP contribution in [-0.2, 0) is 4.79 Å². The molecule has 0 atom stereocenters. The molecule has 0 spiro atoms. The van der Waals surface area contributed by atoms with Crippen LogP contribution in [0.15, 0.2) is 42.7 Å². The zero-order valence-corrected chi connectivity index (χ0v) is 16.2. The summed E-state index contributed by atoms with van der Waals surface area (Å²) < 4.78 is 13.3. The number of benzene rings is 1. The van der Waals surface area contributed by atoms with Gasteiger partial charge in [-0.05, 0) is 38.4 Å². The van der Waals surface area contributed by atoms with Gasteiger partial charge in [-0.3, -0.25) is 4.79 Å². The topological polar surface area (TPSA) is 70.2 Å². The summed E-state index contributed by atoms with van der Waals surface area (Å²) >= 11 is 7.16. The predicted octanol–water partition coefficient (Wildman–Crippen LogP) is 4.28. The summed E-state index contributed by atoms with van der Waals surface area (Å²) in [5.74, 6) is -0.156. The maximum Gasteiger partial charge on any atom is 0.248 e. The van der Waals surface area contributed by atoms with Crippen LogP contribution in [0.1, 0.15) is 0 Å². The fourth-order valence-corrected chi connectivity index (χ4v) is 3.34. The zero-order valence-electron chi connectivity index (χ0n) is 14.7. The Bertz CT molecular complexity index is 1000. The van der Waals surface area contributed by atoms with Gasteiger partial charge in [0.25, 0.3) is 0 Å². The minimum absolute atomic E-state index is 0.0214. The molecule has 0 fully saturated rings. The van der Waals surface area contributed by atoms with Crippen LogP contribution < -0.4 is 10.6 Å². The number of anilines is 3. The molecule has 1 amide bonds. The van der Waals surface area contributed by atoms with Crippen LogP contribution >= 0.6 is 22.9 Å². The number of hydrogen-bond acceptors (Lipinski definition) is 6. The molecule has 0 aliphatic rings. The maximum atomic E-state index is 13.3. The van der Waals surface area contributed by atoms with E-state index in [0.717, 1.165) is 5.39 Å². The third-order valence-corrected chi connectivity index (χ3v) is 4.75. The highest BCUT2D eigenvalue weighted by atomic mass is 35.5. The van der Waals surface area contributed by atoms with Gasteiger partial charge in [0.2, 0.25) is 5.91 Å². The number of hydrogen-bond donors (Lipinski definition) is 2. The molecule has 0 bridgehead atoms. The highest BCUT2D eigenvalue weighted by Crippen LogP contribution is 2.33. The summed E-state index contributed by atoms with van der Waals surface area (Å²) in [5.41, 5.74) is 0.602. The minimum atomic E-state index is -0.488. The first-order valence-electron chi connectivity index (χ1n) is 8.01. The van der Waals surface area contributed by atoms with Crippen LogP contribution in [0.3, 0.4) is 0 Å². The van der Waals surface area contributed by atoms with E-state index < -0.39 is 5.82 Å². The molecule has 0 saturated carbocycles. The van der Waals surface area contributed by atoms with E-state index in [1.54, 1.807) is 18.2 Å². The molecular weight excluding hydrogens is 389 g/mol. The highest BCUT2D eigenvalue weighted by Gasteiger charge is 2.11. The molecule has 0 unspecified atom stereocenters. The lowest BCUT2D eigenvalue weighted by Gasteiger charge is -2.06. The van der Waals surface area contributed by atoms with Gasteiger partial charge in [-0.1, -0.05) is 29.0 Å². The molecule has 140 valence electrons. The van der Waals surface area contributed by atoms with Crippen molar-refractivity contribution in [1.82, 2.24) is 14.9 Å². The fraction of sp³-hybridized carbons (Fsp3) is 0.167. The van der Waals surface area contributed by atoms with Gasteiger partial charge < -0.3 is 15.5 Å². The van der Waals surface area contributed by atoms with Crippen molar-refractivity contribution in [3.63, 3.8) is 0 Å². The van der Waals surface area contributed by atoms with E-state index in [1.165, 1.54) is 35.9 Å². The third-order valence-electron chi connectivity index (χ3n) is 3.50. The van der Waals surface area contributed by atoms with Gasteiger partial charge in [-0.25, -0.2) is 14.4 Å². The average molecular weight is 406 g/mol. The van der Waals surface area contributed by atoms with Crippen LogP contribution in [0.2, 0.25) is 5.02 Å². The van der Waals surface area contributed by atoms with Crippen molar-refractivity contribution in [2.24, 2.45) is 0 Å². The van der Waals surface area contributed by atoms with Crippen molar-refractivity contribution >= 4 is 55.6 Å². The van der Waals surface area contributed by atoms with Crippen molar-refractivity contribution < 1.29 is 9.18 Å². The van der Waals surface area contributed by atoms with Gasteiger partial charge >= 0.3 is 0 Å². The Morgan fingerprint density at radius 1 is 1.33 bits per heavy atom. The van der Waals surface area contributed by atoms with Gasteiger partial charge in [0.15, 0.2) is 0 Å². The van der Waals surface area contributed by atoms with E-state index in [0.29, 0.717) is 27.9 Å². The molecule has 3 aromatic rings. The molecule has 1 aromatic carbocycles. The second kappa shape index (κ2) is 8.43. The third kappa shape index (κ3) is 5.00. The van der Waals surface area contributed by atoms with E-state index in [1.807, 2.05) is 19.0 Å². The lowest BCUT2D eigenvalue weighted by Crippen LogP contribution is -2.12. The molecule has 0 radical (unpaired) electrons. The van der Waals surface area contributed by atoms with Crippen LogP contribution in [-0.4, -0.2) is 41.4 Å². The highest BCUT2D eigenvalue weighted by molar-refractivity contribution is 7.22. The van der Waals surface area contributed by atoms with Crippen molar-refractivity contribution in [2.45, 2.75) is 0 Å². The number of carbonyl (C=O) groups is 1. The van der Waals surface area contributed by atoms with Crippen molar-refractivity contribution in [2.75, 3.05) is 31.3 Å². The van der Waals surface area contributed by atoms with Gasteiger partial charge in [0.1, 0.15) is 22.8 Å². The molecule has 27 heavy (non-hydrogen) atoms. The molecule has 2 aromatic heterocycles. The molecule has 2 N–H and O–H groups in total. The standard InChI is InChI=1S/C18H17ClFN5OS/c1-25(2)7-3-4-15(26)24-16-9-12-17(21-10-22-18(12)27-16)23-11-5-6-14(20)13(19)8-11/h3-6,8-10H,7H2,1-2H3,(H,24,26)(H,21,22,23)/b4-3+. The Labute approximate surface area is 164 Å². The number of nitrogens with one attached hydrogen (secondary N) is 2. The summed E-state index contributed by atoms with van der Waals surface area (Å²) in [4.78, 5) is 23.1. The predicted molar refractivity (Wildman–Crippen MR) is 108 cm³/mol. The van der Waals surface area contributed by atoms with Crippen LogP contribution in [0.25, 0.3) is 10.2 Å². The Hall–Kier alpha value is -2.55. The van der Waals surface area contributed by atoms with Crippen LogP contribution in [0, 0.1) is 5.82 Å². The Morgan fingerprint density at radius 3 is 2.89 bits per heavy atom. The Kier molecular flexibility index (Phi) is 6.00.